The Bertz CT molecular complexity index is 716. The maximum absolute atomic E-state index is 11.8. The zero-order chi connectivity index (χ0) is 17.6. The van der Waals surface area contributed by atoms with Gasteiger partial charge in [-0.1, -0.05) is 62.3 Å². The van der Waals surface area contributed by atoms with Crippen molar-refractivity contribution < 1.29 is 14.4 Å². The summed E-state index contributed by atoms with van der Waals surface area (Å²) in [5.74, 6) is 0.552. The number of ether oxygens (including phenoxy) is 1. The van der Waals surface area contributed by atoms with E-state index < -0.39 is 6.09 Å². The zero-order valence-electron chi connectivity index (χ0n) is 14.4. The van der Waals surface area contributed by atoms with E-state index in [9.17, 15) is 4.79 Å². The normalized spacial score (nSPS) is 11.3. The molecule has 0 aliphatic carbocycles. The summed E-state index contributed by atoms with van der Waals surface area (Å²) in [6, 6.07) is 15.0. The average Bonchev–Trinajstić information content (AvgIpc) is 2.55. The molecule has 0 saturated carbocycles. The van der Waals surface area contributed by atoms with Crippen molar-refractivity contribution >= 4 is 18.0 Å². The fourth-order valence-electron chi connectivity index (χ4n) is 2.08. The molecule has 126 valence electrons. The van der Waals surface area contributed by atoms with Crippen LogP contribution < -0.4 is 10.1 Å². The molecule has 0 fully saturated rings. The summed E-state index contributed by atoms with van der Waals surface area (Å²) >= 11 is 0. The van der Waals surface area contributed by atoms with Crippen LogP contribution in [0.3, 0.4) is 0 Å². The molecule has 1 N–H and O–H groups in total. The number of methoxy groups -OCH3 is 1. The molecule has 0 aliphatic heterocycles. The number of benzene rings is 2. The average molecular weight is 326 g/mol. The summed E-state index contributed by atoms with van der Waals surface area (Å²) in [5, 5.41) is 6.28. The van der Waals surface area contributed by atoms with Crippen LogP contribution in [0, 0.1) is 0 Å². The molecule has 0 saturated heterocycles. The molecule has 0 atom stereocenters. The van der Waals surface area contributed by atoms with Gasteiger partial charge in [-0.25, -0.2) is 4.79 Å². The van der Waals surface area contributed by atoms with Crippen molar-refractivity contribution in [1.82, 2.24) is 0 Å². The van der Waals surface area contributed by atoms with Gasteiger partial charge in [0, 0.05) is 0 Å². The molecule has 0 heterocycles. The number of hydrogen-bond acceptors (Lipinski definition) is 4. The van der Waals surface area contributed by atoms with E-state index in [2.05, 4.69) is 31.2 Å². The minimum atomic E-state index is -0.679. The third kappa shape index (κ3) is 4.84. The Labute approximate surface area is 142 Å². The van der Waals surface area contributed by atoms with Gasteiger partial charge in [-0.2, -0.15) is 0 Å². The summed E-state index contributed by atoms with van der Waals surface area (Å²) in [7, 11) is 1.53. The summed E-state index contributed by atoms with van der Waals surface area (Å²) in [4.78, 5) is 16.6. The Balaban J connectivity index is 1.92. The first-order valence-corrected chi connectivity index (χ1v) is 7.65. The van der Waals surface area contributed by atoms with Crippen molar-refractivity contribution in [2.45, 2.75) is 26.2 Å². The second-order valence-electron chi connectivity index (χ2n) is 6.31. The topological polar surface area (TPSA) is 59.9 Å². The lowest BCUT2D eigenvalue weighted by Gasteiger charge is -2.18. The predicted molar refractivity (Wildman–Crippen MR) is 95.8 cm³/mol. The van der Waals surface area contributed by atoms with Crippen molar-refractivity contribution in [1.29, 1.82) is 0 Å². The van der Waals surface area contributed by atoms with Crippen molar-refractivity contribution in [3.05, 3.63) is 59.7 Å². The van der Waals surface area contributed by atoms with Crippen LogP contribution in [0.1, 0.15) is 31.9 Å². The van der Waals surface area contributed by atoms with Crippen molar-refractivity contribution in [2.24, 2.45) is 5.16 Å². The molecule has 0 spiro atoms. The third-order valence-electron chi connectivity index (χ3n) is 3.46. The highest BCUT2D eigenvalue weighted by atomic mass is 16.7. The highest BCUT2D eigenvalue weighted by molar-refractivity contribution is 5.87. The fraction of sp³-hybridized carbons (Fsp3) is 0.263. The van der Waals surface area contributed by atoms with E-state index in [-0.39, 0.29) is 5.41 Å². The van der Waals surface area contributed by atoms with Gasteiger partial charge < -0.3 is 4.74 Å². The number of carbonyl (C=O) groups excluding carboxylic acids is 1. The Kier molecular flexibility index (Phi) is 5.58. The summed E-state index contributed by atoms with van der Waals surface area (Å²) in [5.41, 5.74) is 2.71. The third-order valence-corrected chi connectivity index (χ3v) is 3.46. The molecule has 5 nitrogen and oxygen atoms in total. The standard InChI is InChI=1S/C19H22N2O3/c1-19(2,3)15-11-9-14(10-12-15)13-20-24-18(22)21-16-7-5-6-8-17(16)23-4/h5-13H,1-4H3,(H,21,22)/b20-13+. The van der Waals surface area contributed by atoms with Crippen LogP contribution in [0.4, 0.5) is 10.5 Å². The minimum absolute atomic E-state index is 0.0980. The van der Waals surface area contributed by atoms with Gasteiger partial charge >= 0.3 is 6.09 Å². The van der Waals surface area contributed by atoms with Crippen molar-refractivity contribution in [2.75, 3.05) is 12.4 Å². The second kappa shape index (κ2) is 7.64. The van der Waals surface area contributed by atoms with Crippen LogP contribution in [0.5, 0.6) is 5.75 Å². The SMILES string of the molecule is COc1ccccc1NC(=O)O/N=C/c1ccc(C(C)(C)C)cc1. The number of oxime groups is 1. The monoisotopic (exact) mass is 326 g/mol. The highest BCUT2D eigenvalue weighted by Gasteiger charge is 2.12. The van der Waals surface area contributed by atoms with E-state index in [4.69, 9.17) is 9.57 Å². The van der Waals surface area contributed by atoms with E-state index in [1.807, 2.05) is 30.3 Å². The Hall–Kier alpha value is -2.82. The van der Waals surface area contributed by atoms with Crippen LogP contribution in [0.15, 0.2) is 53.7 Å². The van der Waals surface area contributed by atoms with Crippen LogP contribution in [-0.4, -0.2) is 19.4 Å². The predicted octanol–water partition coefficient (Wildman–Crippen LogP) is 4.58. The molecule has 0 radical (unpaired) electrons. The van der Waals surface area contributed by atoms with Crippen LogP contribution in [0.25, 0.3) is 0 Å². The van der Waals surface area contributed by atoms with E-state index in [0.717, 1.165) is 5.56 Å². The Morgan fingerprint density at radius 1 is 1.08 bits per heavy atom. The zero-order valence-corrected chi connectivity index (χ0v) is 14.4. The maximum Gasteiger partial charge on any atom is 0.437 e. The molecule has 2 aromatic rings. The maximum atomic E-state index is 11.8. The number of para-hydroxylation sites is 2. The number of carbonyl (C=O) groups is 1. The molecule has 0 aliphatic rings. The van der Waals surface area contributed by atoms with Crippen LogP contribution >= 0.6 is 0 Å². The molecular formula is C19H22N2O3. The molecule has 1 amide bonds. The van der Waals surface area contributed by atoms with E-state index in [0.29, 0.717) is 11.4 Å². The van der Waals surface area contributed by atoms with E-state index in [1.54, 1.807) is 18.2 Å². The number of nitrogens with one attached hydrogen (secondary N) is 1. The Morgan fingerprint density at radius 2 is 1.75 bits per heavy atom. The van der Waals surface area contributed by atoms with Gasteiger partial charge in [0.1, 0.15) is 5.75 Å². The van der Waals surface area contributed by atoms with Gasteiger partial charge in [-0.05, 0) is 28.7 Å². The quantitative estimate of drug-likeness (QED) is 0.508. The van der Waals surface area contributed by atoms with Gasteiger partial charge in [0.25, 0.3) is 0 Å². The van der Waals surface area contributed by atoms with E-state index >= 15 is 0 Å². The molecule has 0 aromatic heterocycles. The summed E-state index contributed by atoms with van der Waals surface area (Å²) in [6.45, 7) is 6.46. The molecule has 0 unspecified atom stereocenters. The number of rotatable bonds is 4. The highest BCUT2D eigenvalue weighted by Crippen LogP contribution is 2.23. The van der Waals surface area contributed by atoms with Gasteiger partial charge in [-0.3, -0.25) is 10.2 Å². The lowest BCUT2D eigenvalue weighted by Crippen LogP contribution is -2.12. The lowest BCUT2D eigenvalue weighted by molar-refractivity contribution is 0.167. The lowest BCUT2D eigenvalue weighted by atomic mass is 9.87. The van der Waals surface area contributed by atoms with Gasteiger partial charge in [0.2, 0.25) is 0 Å². The first-order valence-electron chi connectivity index (χ1n) is 7.65. The molecule has 2 rings (SSSR count). The number of hydrogen-bond donors (Lipinski definition) is 1. The second-order valence-corrected chi connectivity index (χ2v) is 6.31. The fourth-order valence-corrected chi connectivity index (χ4v) is 2.08. The molecular weight excluding hydrogens is 304 g/mol. The molecule has 5 heteroatoms. The van der Waals surface area contributed by atoms with Gasteiger partial charge in [-0.15, -0.1) is 0 Å². The summed E-state index contributed by atoms with van der Waals surface area (Å²) < 4.78 is 5.15. The molecule has 24 heavy (non-hydrogen) atoms. The van der Waals surface area contributed by atoms with Crippen LogP contribution in [0.2, 0.25) is 0 Å². The largest absolute Gasteiger partial charge is 0.495 e. The smallest absolute Gasteiger partial charge is 0.437 e. The summed E-state index contributed by atoms with van der Waals surface area (Å²) in [6.07, 6.45) is 0.816. The minimum Gasteiger partial charge on any atom is -0.495 e. The van der Waals surface area contributed by atoms with Gasteiger partial charge in [0.05, 0.1) is 19.0 Å². The van der Waals surface area contributed by atoms with Gasteiger partial charge in [0.15, 0.2) is 0 Å². The number of nitrogens with zero attached hydrogens (tertiary/aromatic N) is 1. The number of amides is 1. The van der Waals surface area contributed by atoms with E-state index in [1.165, 1.54) is 18.9 Å². The van der Waals surface area contributed by atoms with Crippen LogP contribution in [-0.2, 0) is 10.3 Å². The number of anilines is 1. The van der Waals surface area contributed by atoms with Crippen molar-refractivity contribution in [3.8, 4) is 5.75 Å². The molecule has 2 aromatic carbocycles. The first-order chi connectivity index (χ1) is 11.4. The molecule has 0 bridgehead atoms. The first kappa shape index (κ1) is 17.5. The van der Waals surface area contributed by atoms with Crippen molar-refractivity contribution in [3.63, 3.8) is 0 Å². The Morgan fingerprint density at radius 3 is 2.38 bits per heavy atom.